The Labute approximate surface area is 79.9 Å². The van der Waals surface area contributed by atoms with Gasteiger partial charge in [-0.25, -0.2) is 0 Å². The number of rotatable bonds is 0. The van der Waals surface area contributed by atoms with Crippen molar-refractivity contribution in [3.8, 4) is 0 Å². The van der Waals surface area contributed by atoms with Crippen molar-refractivity contribution in [1.82, 2.24) is 0 Å². The van der Waals surface area contributed by atoms with Gasteiger partial charge < -0.3 is 4.48 Å². The van der Waals surface area contributed by atoms with E-state index in [1.54, 1.807) is 0 Å². The van der Waals surface area contributed by atoms with Crippen LogP contribution in [-0.2, 0) is 0 Å². The monoisotopic (exact) mass is 198 g/mol. The van der Waals surface area contributed by atoms with Crippen molar-refractivity contribution < 1.29 is 4.48 Å². The fourth-order valence-electron chi connectivity index (χ4n) is 1.37. The van der Waals surface area contributed by atoms with E-state index in [1.807, 2.05) is 0 Å². The molecular weight excluding hydrogens is 181 g/mol. The molecule has 0 amide bonds. The van der Waals surface area contributed by atoms with Crippen molar-refractivity contribution in [1.29, 1.82) is 0 Å². The summed E-state index contributed by atoms with van der Waals surface area (Å²) in [6.45, 7) is 2.78. The van der Waals surface area contributed by atoms with E-state index in [0.29, 0.717) is 0 Å². The summed E-state index contributed by atoms with van der Waals surface area (Å²) in [6.07, 6.45) is 4.34. The minimum absolute atomic E-state index is 0.194. The van der Waals surface area contributed by atoms with Crippen molar-refractivity contribution in [2.45, 2.75) is 19.3 Å². The van der Waals surface area contributed by atoms with Crippen LogP contribution in [-0.4, -0.2) is 37.0 Å². The van der Waals surface area contributed by atoms with Crippen LogP contribution in [0.15, 0.2) is 0 Å². The van der Waals surface area contributed by atoms with Gasteiger partial charge in [0.1, 0.15) is 0 Å². The molecule has 3 heteroatoms. The Hall–Kier alpha value is 0.540. The first-order valence-electron chi connectivity index (χ1n) is 4.06. The van der Waals surface area contributed by atoms with Gasteiger partial charge in [0.15, 0.2) is 0 Å². The highest BCUT2D eigenvalue weighted by Gasteiger charge is 2.17. The van der Waals surface area contributed by atoms with Crippen LogP contribution in [0.4, 0.5) is 0 Å². The van der Waals surface area contributed by atoms with E-state index in [4.69, 9.17) is 23.2 Å². The second-order valence-corrected chi connectivity index (χ2v) is 4.35. The Kier molecular flexibility index (Phi) is 6.40. The number of likely N-dealkylation sites (tertiary alicyclic amines) is 1. The number of quaternary nitrogens is 1. The molecule has 1 aliphatic rings. The molecule has 0 aromatic carbocycles. The molecule has 11 heavy (non-hydrogen) atoms. The second-order valence-electron chi connectivity index (χ2n) is 3.54. The average molecular weight is 199 g/mol. The van der Waals surface area contributed by atoms with Crippen LogP contribution in [0.25, 0.3) is 0 Å². The topological polar surface area (TPSA) is 0 Å². The zero-order chi connectivity index (χ0) is 8.74. The third kappa shape index (κ3) is 6.92. The molecule has 0 aliphatic carbocycles. The third-order valence-corrected chi connectivity index (χ3v) is 2.03. The highest BCUT2D eigenvalue weighted by Crippen LogP contribution is 2.12. The van der Waals surface area contributed by atoms with Crippen LogP contribution in [0.1, 0.15) is 19.3 Å². The molecule has 0 aromatic heterocycles. The normalized spacial score (nSPS) is 21.8. The number of hydrogen-bond acceptors (Lipinski definition) is 0. The summed E-state index contributed by atoms with van der Waals surface area (Å²) in [5.74, 6) is 0. The number of halogens is 2. The van der Waals surface area contributed by atoms with E-state index in [1.165, 1.54) is 36.8 Å². The average Bonchev–Trinajstić information content (AvgIpc) is 1.88. The molecule has 0 aromatic rings. The predicted molar refractivity (Wildman–Crippen MR) is 52.3 cm³/mol. The highest BCUT2D eigenvalue weighted by atomic mass is 35.5. The SMILES string of the molecule is C[N+]1(C)CCCCC1.ClCCl. The standard InChI is InChI=1S/C7H16N.CH2Cl2/c1-8(2)6-4-3-5-7-8;2-1-3/h3-7H2,1-2H3;1H2/q+1;. The van der Waals surface area contributed by atoms with Crippen LogP contribution in [0, 0.1) is 0 Å². The molecule has 1 aliphatic heterocycles. The van der Waals surface area contributed by atoms with E-state index in [0.717, 1.165) is 0 Å². The van der Waals surface area contributed by atoms with Crippen molar-refractivity contribution in [2.75, 3.05) is 32.5 Å². The summed E-state index contributed by atoms with van der Waals surface area (Å²) < 4.78 is 1.25. The van der Waals surface area contributed by atoms with Gasteiger partial charge in [0, 0.05) is 0 Å². The molecule has 1 saturated heterocycles. The van der Waals surface area contributed by atoms with Gasteiger partial charge in [-0.15, -0.1) is 23.2 Å². The van der Waals surface area contributed by atoms with Crippen molar-refractivity contribution >= 4 is 23.2 Å². The lowest BCUT2D eigenvalue weighted by Gasteiger charge is -2.33. The van der Waals surface area contributed by atoms with Crippen molar-refractivity contribution in [3.63, 3.8) is 0 Å². The lowest BCUT2D eigenvalue weighted by molar-refractivity contribution is -0.894. The Morgan fingerprint density at radius 2 is 1.36 bits per heavy atom. The zero-order valence-corrected chi connectivity index (χ0v) is 8.96. The smallest absolute Gasteiger partial charge is 0.0967 e. The molecule has 68 valence electrons. The molecule has 0 saturated carbocycles. The predicted octanol–water partition coefficient (Wildman–Crippen LogP) is 2.67. The van der Waals surface area contributed by atoms with Crippen LogP contribution >= 0.6 is 23.2 Å². The molecule has 1 nitrogen and oxygen atoms in total. The van der Waals surface area contributed by atoms with Crippen molar-refractivity contribution in [2.24, 2.45) is 0 Å². The minimum Gasteiger partial charge on any atom is -0.328 e. The molecule has 0 spiro atoms. The van der Waals surface area contributed by atoms with E-state index in [9.17, 15) is 0 Å². The fraction of sp³-hybridized carbons (Fsp3) is 1.00. The van der Waals surface area contributed by atoms with Gasteiger partial charge in [0.2, 0.25) is 0 Å². The van der Waals surface area contributed by atoms with Gasteiger partial charge in [0.05, 0.1) is 32.5 Å². The summed E-state index contributed by atoms with van der Waals surface area (Å²) in [6, 6.07) is 0. The molecule has 1 heterocycles. The minimum atomic E-state index is 0.194. The van der Waals surface area contributed by atoms with Crippen LogP contribution in [0.3, 0.4) is 0 Å². The lowest BCUT2D eigenvalue weighted by atomic mass is 10.1. The summed E-state index contributed by atoms with van der Waals surface area (Å²) in [4.78, 5) is 0. The summed E-state index contributed by atoms with van der Waals surface area (Å²) >= 11 is 9.53. The number of nitrogens with zero attached hydrogens (tertiary/aromatic N) is 1. The first-order chi connectivity index (χ1) is 5.12. The molecule has 0 radical (unpaired) electrons. The maximum Gasteiger partial charge on any atom is 0.0967 e. The first kappa shape index (κ1) is 11.5. The van der Waals surface area contributed by atoms with Gasteiger partial charge in [0.25, 0.3) is 0 Å². The van der Waals surface area contributed by atoms with Gasteiger partial charge in [-0.05, 0) is 19.3 Å². The first-order valence-corrected chi connectivity index (χ1v) is 5.13. The molecule has 0 bridgehead atoms. The number of piperidine rings is 1. The van der Waals surface area contributed by atoms with Gasteiger partial charge in [-0.1, -0.05) is 0 Å². The molecule has 1 fully saturated rings. The zero-order valence-electron chi connectivity index (χ0n) is 7.45. The van der Waals surface area contributed by atoms with Crippen LogP contribution in [0.2, 0.25) is 0 Å². The van der Waals surface area contributed by atoms with E-state index in [2.05, 4.69) is 14.1 Å². The Morgan fingerprint density at radius 1 is 1.00 bits per heavy atom. The van der Waals surface area contributed by atoms with Gasteiger partial charge in [-0.3, -0.25) is 0 Å². The van der Waals surface area contributed by atoms with Crippen molar-refractivity contribution in [3.05, 3.63) is 0 Å². The largest absolute Gasteiger partial charge is 0.328 e. The highest BCUT2D eigenvalue weighted by molar-refractivity contribution is 6.40. The Morgan fingerprint density at radius 3 is 1.55 bits per heavy atom. The van der Waals surface area contributed by atoms with E-state index >= 15 is 0 Å². The van der Waals surface area contributed by atoms with Crippen LogP contribution in [0.5, 0.6) is 0 Å². The summed E-state index contributed by atoms with van der Waals surface area (Å²) in [5.41, 5.74) is 0. The molecular formula is C8H18Cl2N+. The number of hydrogen-bond donors (Lipinski definition) is 0. The molecule has 0 atom stereocenters. The molecule has 0 unspecified atom stereocenters. The maximum absolute atomic E-state index is 4.76. The number of alkyl halides is 2. The van der Waals surface area contributed by atoms with Gasteiger partial charge >= 0.3 is 0 Å². The lowest BCUT2D eigenvalue weighted by Crippen LogP contribution is -2.43. The van der Waals surface area contributed by atoms with Crippen LogP contribution < -0.4 is 0 Å². The Balaban J connectivity index is 0.000000292. The summed E-state index contributed by atoms with van der Waals surface area (Å²) in [7, 11) is 4.64. The molecule has 0 N–H and O–H groups in total. The van der Waals surface area contributed by atoms with E-state index < -0.39 is 0 Å². The maximum atomic E-state index is 4.76. The summed E-state index contributed by atoms with van der Waals surface area (Å²) in [5, 5.41) is 0.194. The van der Waals surface area contributed by atoms with E-state index in [-0.39, 0.29) is 5.34 Å². The fourth-order valence-corrected chi connectivity index (χ4v) is 1.37. The third-order valence-electron chi connectivity index (χ3n) is 2.03. The van der Waals surface area contributed by atoms with Gasteiger partial charge in [-0.2, -0.15) is 0 Å². The Bertz CT molecular complexity index is 86.1. The second kappa shape index (κ2) is 6.10. The molecule has 1 rings (SSSR count). The quantitative estimate of drug-likeness (QED) is 0.415.